The van der Waals surface area contributed by atoms with Gasteiger partial charge in [-0.25, -0.2) is 4.79 Å². The zero-order valence-corrected chi connectivity index (χ0v) is 15.9. The minimum Gasteiger partial charge on any atom is -0.497 e. The average molecular weight is 382 g/mol. The van der Waals surface area contributed by atoms with Gasteiger partial charge in [0.1, 0.15) is 11.4 Å². The second kappa shape index (κ2) is 9.91. The summed E-state index contributed by atoms with van der Waals surface area (Å²) in [5.74, 6) is -1.16. The number of ether oxygens (including phenoxy) is 2. The van der Waals surface area contributed by atoms with Crippen LogP contribution in [0.1, 0.15) is 19.4 Å². The third kappa shape index (κ3) is 6.28. The second-order valence-corrected chi connectivity index (χ2v) is 5.92. The summed E-state index contributed by atoms with van der Waals surface area (Å²) in [5.41, 5.74) is 1.16. The number of rotatable bonds is 7. The largest absolute Gasteiger partial charge is 0.497 e. The van der Waals surface area contributed by atoms with Gasteiger partial charge in [0.25, 0.3) is 5.91 Å². The van der Waals surface area contributed by atoms with E-state index in [1.807, 2.05) is 6.07 Å². The molecule has 0 fully saturated rings. The smallest absolute Gasteiger partial charge is 0.355 e. The highest BCUT2D eigenvalue weighted by Crippen LogP contribution is 2.17. The molecule has 0 aliphatic heterocycles. The van der Waals surface area contributed by atoms with Gasteiger partial charge in [0, 0.05) is 18.7 Å². The Morgan fingerprint density at radius 2 is 1.75 bits per heavy atom. The molecule has 7 heteroatoms. The lowest BCUT2D eigenvalue weighted by Crippen LogP contribution is -2.33. The number of amides is 2. The van der Waals surface area contributed by atoms with E-state index in [2.05, 4.69) is 10.6 Å². The second-order valence-electron chi connectivity index (χ2n) is 5.92. The number of anilines is 1. The van der Waals surface area contributed by atoms with Crippen molar-refractivity contribution in [3.8, 4) is 5.75 Å². The summed E-state index contributed by atoms with van der Waals surface area (Å²) in [6, 6.07) is 15.8. The van der Waals surface area contributed by atoms with Crippen molar-refractivity contribution in [2.75, 3.05) is 12.4 Å². The van der Waals surface area contributed by atoms with Crippen LogP contribution >= 0.6 is 0 Å². The topological polar surface area (TPSA) is 93.7 Å². The van der Waals surface area contributed by atoms with Crippen molar-refractivity contribution in [2.45, 2.75) is 20.0 Å². The minimum atomic E-state index is -1.08. The Kier molecular flexibility index (Phi) is 7.33. The Hall–Kier alpha value is -3.61. The normalized spacial score (nSPS) is 11.9. The van der Waals surface area contributed by atoms with Gasteiger partial charge in [0.2, 0.25) is 5.91 Å². The van der Waals surface area contributed by atoms with Crippen molar-refractivity contribution in [3.63, 3.8) is 0 Å². The van der Waals surface area contributed by atoms with Crippen LogP contribution in [0.5, 0.6) is 5.75 Å². The van der Waals surface area contributed by atoms with Crippen molar-refractivity contribution >= 4 is 29.5 Å². The molecule has 2 aromatic rings. The summed E-state index contributed by atoms with van der Waals surface area (Å²) < 4.78 is 10.3. The van der Waals surface area contributed by atoms with E-state index in [1.54, 1.807) is 48.5 Å². The number of benzene rings is 2. The first-order valence-electron chi connectivity index (χ1n) is 8.59. The number of carbonyl (C=O) groups is 3. The van der Waals surface area contributed by atoms with E-state index in [9.17, 15) is 14.4 Å². The summed E-state index contributed by atoms with van der Waals surface area (Å²) in [4.78, 5) is 36.2. The van der Waals surface area contributed by atoms with Crippen LogP contribution < -0.4 is 15.4 Å². The van der Waals surface area contributed by atoms with Crippen molar-refractivity contribution in [2.24, 2.45) is 0 Å². The van der Waals surface area contributed by atoms with Gasteiger partial charge < -0.3 is 20.1 Å². The standard InChI is InChI=1S/C21H22N2O5/c1-14(20(25)23-17-10-7-11-18(13-17)27-3)28-21(26)19(22-15(2)24)12-16-8-5-4-6-9-16/h4-14H,1-3H3,(H,22,24)(H,23,25)/b19-12-/t14-/m1/s1. The third-order valence-corrected chi connectivity index (χ3v) is 3.63. The maximum absolute atomic E-state index is 12.4. The molecule has 7 nitrogen and oxygen atoms in total. The summed E-state index contributed by atoms with van der Waals surface area (Å²) in [5, 5.41) is 5.08. The Labute approximate surface area is 163 Å². The zero-order valence-electron chi connectivity index (χ0n) is 15.9. The molecule has 0 aromatic heterocycles. The van der Waals surface area contributed by atoms with E-state index in [0.717, 1.165) is 0 Å². The van der Waals surface area contributed by atoms with Crippen LogP contribution in [0.4, 0.5) is 5.69 Å². The first-order valence-corrected chi connectivity index (χ1v) is 8.59. The Balaban J connectivity index is 2.07. The zero-order chi connectivity index (χ0) is 20.5. The van der Waals surface area contributed by atoms with Crippen LogP contribution in [0, 0.1) is 0 Å². The van der Waals surface area contributed by atoms with Gasteiger partial charge in [-0.3, -0.25) is 9.59 Å². The van der Waals surface area contributed by atoms with E-state index in [1.165, 1.54) is 27.0 Å². The quantitative estimate of drug-likeness (QED) is 0.567. The number of esters is 1. The van der Waals surface area contributed by atoms with E-state index >= 15 is 0 Å². The van der Waals surface area contributed by atoms with E-state index in [0.29, 0.717) is 17.0 Å². The molecule has 28 heavy (non-hydrogen) atoms. The first-order chi connectivity index (χ1) is 13.4. The number of carbonyl (C=O) groups excluding carboxylic acids is 3. The number of hydrogen-bond donors (Lipinski definition) is 2. The monoisotopic (exact) mass is 382 g/mol. The lowest BCUT2D eigenvalue weighted by atomic mass is 10.2. The summed E-state index contributed by atoms with van der Waals surface area (Å²) in [7, 11) is 1.52. The summed E-state index contributed by atoms with van der Waals surface area (Å²) in [6.45, 7) is 2.73. The van der Waals surface area contributed by atoms with Gasteiger partial charge in [-0.1, -0.05) is 36.4 Å². The van der Waals surface area contributed by atoms with Crippen molar-refractivity contribution in [1.29, 1.82) is 0 Å². The third-order valence-electron chi connectivity index (χ3n) is 3.63. The van der Waals surface area contributed by atoms with E-state index in [-0.39, 0.29) is 5.70 Å². The van der Waals surface area contributed by atoms with Crippen molar-refractivity contribution in [1.82, 2.24) is 5.32 Å². The maximum Gasteiger partial charge on any atom is 0.355 e. The molecule has 146 valence electrons. The van der Waals surface area contributed by atoms with Gasteiger partial charge in [0.15, 0.2) is 6.10 Å². The Morgan fingerprint density at radius 3 is 2.39 bits per heavy atom. The lowest BCUT2D eigenvalue weighted by Gasteiger charge is -2.15. The maximum atomic E-state index is 12.4. The van der Waals surface area contributed by atoms with Gasteiger partial charge >= 0.3 is 5.97 Å². The summed E-state index contributed by atoms with van der Waals surface area (Å²) >= 11 is 0. The summed E-state index contributed by atoms with van der Waals surface area (Å²) in [6.07, 6.45) is 0.405. The number of hydrogen-bond acceptors (Lipinski definition) is 5. The van der Waals surface area contributed by atoms with Crippen LogP contribution in [-0.2, 0) is 19.1 Å². The molecule has 2 amide bonds. The molecule has 2 aromatic carbocycles. The van der Waals surface area contributed by atoms with Gasteiger partial charge in [0.05, 0.1) is 7.11 Å². The molecule has 1 atom stereocenters. The molecular weight excluding hydrogens is 360 g/mol. The average Bonchev–Trinajstić information content (AvgIpc) is 2.68. The molecule has 0 radical (unpaired) electrons. The minimum absolute atomic E-state index is 0.0558. The lowest BCUT2D eigenvalue weighted by molar-refractivity contribution is -0.149. The van der Waals surface area contributed by atoms with E-state index in [4.69, 9.17) is 9.47 Å². The molecule has 0 saturated carbocycles. The number of methoxy groups -OCH3 is 1. The molecule has 0 heterocycles. The molecule has 2 rings (SSSR count). The fourth-order valence-electron chi connectivity index (χ4n) is 2.27. The first kappa shape index (κ1) is 20.7. The molecule has 0 unspecified atom stereocenters. The molecule has 0 bridgehead atoms. The Bertz CT molecular complexity index is 877. The highest BCUT2D eigenvalue weighted by Gasteiger charge is 2.21. The van der Waals surface area contributed by atoms with Gasteiger partial charge in [-0.05, 0) is 30.7 Å². The van der Waals surface area contributed by atoms with Crippen LogP contribution in [0.2, 0.25) is 0 Å². The predicted molar refractivity (Wildman–Crippen MR) is 105 cm³/mol. The molecule has 0 aliphatic rings. The fraction of sp³-hybridized carbons (Fsp3) is 0.190. The van der Waals surface area contributed by atoms with Gasteiger partial charge in [-0.15, -0.1) is 0 Å². The molecule has 0 spiro atoms. The molecule has 0 aliphatic carbocycles. The van der Waals surface area contributed by atoms with Crippen molar-refractivity contribution < 1.29 is 23.9 Å². The number of nitrogens with one attached hydrogen (secondary N) is 2. The van der Waals surface area contributed by atoms with Crippen LogP contribution in [0.25, 0.3) is 6.08 Å². The SMILES string of the molecule is COc1cccc(NC(=O)[C@@H](C)OC(=O)/C(=C/c2ccccc2)NC(C)=O)c1. The van der Waals surface area contributed by atoms with Crippen LogP contribution in [-0.4, -0.2) is 31.0 Å². The van der Waals surface area contributed by atoms with Crippen molar-refractivity contribution in [3.05, 3.63) is 65.9 Å². The predicted octanol–water partition coefficient (Wildman–Crippen LogP) is 2.74. The molecule has 2 N–H and O–H groups in total. The van der Waals surface area contributed by atoms with Crippen LogP contribution in [0.15, 0.2) is 60.3 Å². The van der Waals surface area contributed by atoms with Gasteiger partial charge in [-0.2, -0.15) is 0 Å². The molecule has 0 saturated heterocycles. The Morgan fingerprint density at radius 1 is 1.04 bits per heavy atom. The van der Waals surface area contributed by atoms with E-state index < -0.39 is 23.9 Å². The fourth-order valence-corrected chi connectivity index (χ4v) is 2.27. The molecular formula is C21H22N2O5. The highest BCUT2D eigenvalue weighted by molar-refractivity contribution is 6.00. The highest BCUT2D eigenvalue weighted by atomic mass is 16.5. The van der Waals surface area contributed by atoms with Crippen LogP contribution in [0.3, 0.4) is 0 Å².